The Labute approximate surface area is 124 Å². The van der Waals surface area contributed by atoms with E-state index in [4.69, 9.17) is 14.7 Å². The average molecular weight is 297 g/mol. The summed E-state index contributed by atoms with van der Waals surface area (Å²) in [5.74, 6) is -1.77. The highest BCUT2D eigenvalue weighted by Crippen LogP contribution is 2.22. The van der Waals surface area contributed by atoms with Gasteiger partial charge in [-0.15, -0.1) is 0 Å². The average Bonchev–Trinajstić information content (AvgIpc) is 2.50. The number of nitrogens with zero attached hydrogens (tertiary/aromatic N) is 1. The Bertz CT molecular complexity index is 361. The molecule has 2 aliphatic carbocycles. The van der Waals surface area contributed by atoms with Gasteiger partial charge in [-0.05, 0) is 51.4 Å². The molecular formula is C15H23NO5. The van der Waals surface area contributed by atoms with Crippen molar-refractivity contribution in [3.05, 3.63) is 0 Å². The Morgan fingerprint density at radius 1 is 0.762 bits per heavy atom. The standard InChI is InChI=1S/C15H23NO5/c17-14(20-11-7-3-1-4-8-11)13(16-19)15(18)21-12-9-5-2-6-10-12/h11-12,19H,1-10H2. The first-order valence-corrected chi connectivity index (χ1v) is 7.84. The molecule has 0 aromatic rings. The van der Waals surface area contributed by atoms with Gasteiger partial charge in [-0.1, -0.05) is 18.0 Å². The molecule has 0 aromatic heterocycles. The number of carbonyl (C=O) groups is 2. The Balaban J connectivity index is 1.85. The van der Waals surface area contributed by atoms with E-state index in [9.17, 15) is 9.59 Å². The topological polar surface area (TPSA) is 85.2 Å². The molecule has 0 aliphatic heterocycles. The third kappa shape index (κ3) is 4.72. The number of esters is 2. The molecule has 0 aromatic carbocycles. The molecule has 2 aliphatic rings. The minimum absolute atomic E-state index is 0.189. The smallest absolute Gasteiger partial charge is 0.368 e. The van der Waals surface area contributed by atoms with Crippen molar-refractivity contribution in [1.82, 2.24) is 0 Å². The minimum Gasteiger partial charge on any atom is -0.457 e. The van der Waals surface area contributed by atoms with Crippen molar-refractivity contribution in [3.8, 4) is 0 Å². The summed E-state index contributed by atoms with van der Waals surface area (Å²) >= 11 is 0. The van der Waals surface area contributed by atoms with Crippen LogP contribution in [0.4, 0.5) is 0 Å². The summed E-state index contributed by atoms with van der Waals surface area (Å²) < 4.78 is 10.4. The molecule has 118 valence electrons. The lowest BCUT2D eigenvalue weighted by Crippen LogP contribution is -2.34. The lowest BCUT2D eigenvalue weighted by Gasteiger charge is -2.23. The van der Waals surface area contributed by atoms with E-state index in [0.29, 0.717) is 0 Å². The molecule has 1 N–H and O–H groups in total. The van der Waals surface area contributed by atoms with Crippen LogP contribution in [0.25, 0.3) is 0 Å². The van der Waals surface area contributed by atoms with Crippen LogP contribution < -0.4 is 0 Å². The number of oxime groups is 1. The molecule has 6 nitrogen and oxygen atoms in total. The first kappa shape index (κ1) is 15.8. The molecular weight excluding hydrogens is 274 g/mol. The largest absolute Gasteiger partial charge is 0.457 e. The Morgan fingerprint density at radius 2 is 1.14 bits per heavy atom. The third-order valence-electron chi connectivity index (χ3n) is 4.14. The molecule has 21 heavy (non-hydrogen) atoms. The van der Waals surface area contributed by atoms with Crippen molar-refractivity contribution in [1.29, 1.82) is 0 Å². The normalized spacial score (nSPS) is 20.6. The first-order valence-electron chi connectivity index (χ1n) is 7.84. The van der Waals surface area contributed by atoms with Crippen LogP contribution in [0.2, 0.25) is 0 Å². The van der Waals surface area contributed by atoms with Crippen LogP contribution in [0.1, 0.15) is 64.2 Å². The molecule has 2 saturated carbocycles. The molecule has 0 saturated heterocycles. The van der Waals surface area contributed by atoms with Gasteiger partial charge >= 0.3 is 11.9 Å². The van der Waals surface area contributed by atoms with Gasteiger partial charge in [0.05, 0.1) is 0 Å². The number of rotatable bonds is 4. The minimum atomic E-state index is -0.884. The van der Waals surface area contributed by atoms with Crippen molar-refractivity contribution in [2.75, 3.05) is 0 Å². The van der Waals surface area contributed by atoms with Crippen LogP contribution in [0.5, 0.6) is 0 Å². The highest BCUT2D eigenvalue weighted by atomic mass is 16.6. The fraction of sp³-hybridized carbons (Fsp3) is 0.800. The van der Waals surface area contributed by atoms with Crippen molar-refractivity contribution in [2.45, 2.75) is 76.4 Å². The van der Waals surface area contributed by atoms with Crippen molar-refractivity contribution < 1.29 is 24.3 Å². The van der Waals surface area contributed by atoms with Gasteiger partial charge in [0.2, 0.25) is 0 Å². The SMILES string of the molecule is O=C(OC1CCCCC1)C(=NO)C(=O)OC1CCCCC1. The molecule has 0 spiro atoms. The highest BCUT2D eigenvalue weighted by molar-refractivity contribution is 6.62. The first-order chi connectivity index (χ1) is 10.2. The Kier molecular flexibility index (Phi) is 6.02. The number of hydrogen-bond donors (Lipinski definition) is 1. The fourth-order valence-electron chi connectivity index (χ4n) is 2.95. The summed E-state index contributed by atoms with van der Waals surface area (Å²) in [7, 11) is 0. The lowest BCUT2D eigenvalue weighted by molar-refractivity contribution is -0.148. The molecule has 0 unspecified atom stereocenters. The van der Waals surface area contributed by atoms with E-state index in [1.165, 1.54) is 0 Å². The van der Waals surface area contributed by atoms with Gasteiger partial charge in [-0.2, -0.15) is 0 Å². The predicted molar refractivity (Wildman–Crippen MR) is 75.2 cm³/mol. The summed E-state index contributed by atoms with van der Waals surface area (Å²) in [5, 5.41) is 11.7. The third-order valence-corrected chi connectivity index (χ3v) is 4.14. The molecule has 2 fully saturated rings. The van der Waals surface area contributed by atoms with E-state index in [1.807, 2.05) is 0 Å². The summed E-state index contributed by atoms with van der Waals surface area (Å²) in [6.45, 7) is 0. The maximum absolute atomic E-state index is 11.9. The predicted octanol–water partition coefficient (Wildman–Crippen LogP) is 2.57. The van der Waals surface area contributed by atoms with Crippen LogP contribution in [-0.2, 0) is 19.1 Å². The van der Waals surface area contributed by atoms with E-state index in [1.54, 1.807) is 0 Å². The molecule has 6 heteroatoms. The lowest BCUT2D eigenvalue weighted by atomic mass is 9.97. The Hall–Kier alpha value is -1.59. The highest BCUT2D eigenvalue weighted by Gasteiger charge is 2.30. The number of ether oxygens (including phenoxy) is 2. The van der Waals surface area contributed by atoms with Gasteiger partial charge in [0.1, 0.15) is 12.2 Å². The molecule has 0 bridgehead atoms. The summed E-state index contributed by atoms with van der Waals surface area (Å²) in [6, 6.07) is 0. The second kappa shape index (κ2) is 8.00. The summed E-state index contributed by atoms with van der Waals surface area (Å²) in [5.41, 5.74) is -0.647. The molecule has 0 heterocycles. The van der Waals surface area contributed by atoms with Gasteiger partial charge in [0, 0.05) is 0 Å². The fourth-order valence-corrected chi connectivity index (χ4v) is 2.95. The number of hydrogen-bond acceptors (Lipinski definition) is 6. The maximum Gasteiger partial charge on any atom is 0.368 e. The number of carbonyl (C=O) groups excluding carboxylic acids is 2. The van der Waals surface area contributed by atoms with Gasteiger partial charge in [-0.3, -0.25) is 0 Å². The van der Waals surface area contributed by atoms with E-state index in [2.05, 4.69) is 5.16 Å². The molecule has 2 rings (SSSR count). The van der Waals surface area contributed by atoms with E-state index in [-0.39, 0.29) is 12.2 Å². The molecule has 0 amide bonds. The van der Waals surface area contributed by atoms with Gasteiger partial charge in [0.15, 0.2) is 0 Å². The van der Waals surface area contributed by atoms with Crippen LogP contribution in [-0.4, -0.2) is 35.1 Å². The van der Waals surface area contributed by atoms with E-state index < -0.39 is 17.7 Å². The zero-order valence-electron chi connectivity index (χ0n) is 12.3. The van der Waals surface area contributed by atoms with Gasteiger partial charge in [0.25, 0.3) is 5.71 Å². The van der Waals surface area contributed by atoms with Crippen molar-refractivity contribution in [3.63, 3.8) is 0 Å². The van der Waals surface area contributed by atoms with Gasteiger partial charge in [-0.25, -0.2) is 9.59 Å². The van der Waals surface area contributed by atoms with Crippen molar-refractivity contribution in [2.24, 2.45) is 5.16 Å². The summed E-state index contributed by atoms with van der Waals surface area (Å²) in [4.78, 5) is 23.8. The van der Waals surface area contributed by atoms with Crippen LogP contribution in [0.3, 0.4) is 0 Å². The second-order valence-electron chi connectivity index (χ2n) is 5.78. The van der Waals surface area contributed by atoms with Crippen LogP contribution in [0, 0.1) is 0 Å². The zero-order chi connectivity index (χ0) is 15.1. The monoisotopic (exact) mass is 297 g/mol. The Morgan fingerprint density at radius 3 is 1.48 bits per heavy atom. The van der Waals surface area contributed by atoms with Gasteiger partial charge < -0.3 is 14.7 Å². The van der Waals surface area contributed by atoms with Crippen LogP contribution in [0.15, 0.2) is 5.16 Å². The quantitative estimate of drug-likeness (QED) is 0.283. The maximum atomic E-state index is 11.9. The van der Waals surface area contributed by atoms with E-state index >= 15 is 0 Å². The van der Waals surface area contributed by atoms with Crippen LogP contribution >= 0.6 is 0 Å². The molecule has 0 atom stereocenters. The second-order valence-corrected chi connectivity index (χ2v) is 5.78. The van der Waals surface area contributed by atoms with Crippen molar-refractivity contribution >= 4 is 17.7 Å². The van der Waals surface area contributed by atoms with E-state index in [0.717, 1.165) is 64.2 Å². The zero-order valence-corrected chi connectivity index (χ0v) is 12.3. The molecule has 0 radical (unpaired) electrons. The summed E-state index contributed by atoms with van der Waals surface area (Å²) in [6.07, 6.45) is 9.11.